The van der Waals surface area contributed by atoms with Crippen LogP contribution in [-0.2, 0) is 0 Å². The molecule has 0 aliphatic rings. The van der Waals surface area contributed by atoms with Crippen LogP contribution in [0.15, 0.2) is 334 Å². The van der Waals surface area contributed by atoms with Crippen LogP contribution in [0.25, 0.3) is 171 Å². The molecule has 0 bridgehead atoms. The molecular weight excluding hydrogens is 1070 g/mol. The molecule has 0 saturated carbocycles. The molecular formula is C86H55N3. The molecule has 0 aliphatic heterocycles. The van der Waals surface area contributed by atoms with Gasteiger partial charge in [0, 0.05) is 49.1 Å². The van der Waals surface area contributed by atoms with Crippen molar-refractivity contribution in [2.24, 2.45) is 0 Å². The molecule has 0 radical (unpaired) electrons. The first-order chi connectivity index (χ1) is 44.2. The zero-order chi connectivity index (χ0) is 58.5. The highest BCUT2D eigenvalue weighted by Crippen LogP contribution is 2.46. The Kier molecular flexibility index (Phi) is 11.6. The van der Waals surface area contributed by atoms with Gasteiger partial charge in [-0.25, -0.2) is 0 Å². The van der Waals surface area contributed by atoms with Gasteiger partial charge in [0.25, 0.3) is 0 Å². The Morgan fingerprint density at radius 1 is 0.157 bits per heavy atom. The third kappa shape index (κ3) is 8.06. The topological polar surface area (TPSA) is 14.8 Å². The number of benzene rings is 15. The summed E-state index contributed by atoms with van der Waals surface area (Å²) in [5.74, 6) is 0. The maximum atomic E-state index is 2.47. The molecule has 414 valence electrons. The van der Waals surface area contributed by atoms with Crippen molar-refractivity contribution < 1.29 is 0 Å². The molecule has 15 aromatic carbocycles. The van der Waals surface area contributed by atoms with Crippen LogP contribution in [0.5, 0.6) is 0 Å². The van der Waals surface area contributed by atoms with Crippen LogP contribution >= 0.6 is 0 Å². The number of aromatic nitrogens is 3. The van der Waals surface area contributed by atoms with E-state index < -0.39 is 0 Å². The van der Waals surface area contributed by atoms with Crippen LogP contribution in [0.4, 0.5) is 0 Å². The highest BCUT2D eigenvalue weighted by molar-refractivity contribution is 6.22. The van der Waals surface area contributed by atoms with Crippen molar-refractivity contribution in [3.8, 4) is 83.8 Å². The molecule has 3 nitrogen and oxygen atoms in total. The van der Waals surface area contributed by atoms with E-state index in [1.807, 2.05) is 0 Å². The molecule has 0 amide bonds. The first-order valence-electron chi connectivity index (χ1n) is 30.7. The second kappa shape index (κ2) is 20.4. The van der Waals surface area contributed by atoms with Crippen LogP contribution in [0, 0.1) is 0 Å². The smallest absolute Gasteiger partial charge is 0.0541 e. The number of rotatable bonds is 9. The Morgan fingerprint density at radius 3 is 0.820 bits per heavy atom. The summed E-state index contributed by atoms with van der Waals surface area (Å²) in [6.45, 7) is 0. The Balaban J connectivity index is 0.814. The largest absolute Gasteiger partial charge is 0.309 e. The number of hydrogen-bond donors (Lipinski definition) is 0. The lowest BCUT2D eigenvalue weighted by atomic mass is 9.86. The predicted molar refractivity (Wildman–Crippen MR) is 377 cm³/mol. The molecule has 3 heterocycles. The van der Waals surface area contributed by atoms with Gasteiger partial charge in [-0.3, -0.25) is 0 Å². The SMILES string of the molecule is c1ccc(-c2ccccc2-n2c3ccccc3c3cc(-c4ccc5c(c4)c4cc(-c6ccc7c(c6)c6ccccc6n7-c6ccccc6-c6ccccc6)ccc4n5-c4ccc(-c5c6ccccc6c(-c6ccccc6)c6ccccc56)cc4)ccc32)cc1. The Bertz CT molecular complexity index is 5510. The second-order valence-electron chi connectivity index (χ2n) is 23.5. The van der Waals surface area contributed by atoms with E-state index in [1.54, 1.807) is 0 Å². The fraction of sp³-hybridized carbons (Fsp3) is 0. The molecule has 0 spiro atoms. The summed E-state index contributed by atoms with van der Waals surface area (Å²) in [6, 6.07) is 123. The van der Waals surface area contributed by atoms with Crippen molar-refractivity contribution in [3.05, 3.63) is 334 Å². The van der Waals surface area contributed by atoms with Crippen molar-refractivity contribution in [3.63, 3.8) is 0 Å². The fourth-order valence-corrected chi connectivity index (χ4v) is 14.7. The lowest BCUT2D eigenvalue weighted by Crippen LogP contribution is -1.97. The van der Waals surface area contributed by atoms with Crippen LogP contribution in [0.2, 0.25) is 0 Å². The van der Waals surface area contributed by atoms with Crippen molar-refractivity contribution in [2.75, 3.05) is 0 Å². The maximum absolute atomic E-state index is 2.47. The van der Waals surface area contributed by atoms with Crippen molar-refractivity contribution >= 4 is 87.0 Å². The standard InChI is InChI=1S/C86H55N3/c1-4-22-56(23-5-1)65-28-14-18-36-77(65)88-79-38-20-16-30-67(79)73-52-60(44-50-83(73)88)62-42-48-81-75(54-62)76-55-63(61-45-51-84-74(53-61)68-31-17-21-39-80(68)89(84)78-37-19-15-29-66(78)57-24-6-2-7-25-57)43-49-82(76)87(81)64-46-40-59(41-47-64)86-71-34-12-10-32-69(71)85(58-26-8-3-9-27-58)70-33-11-13-35-72(70)86/h1-55H. The van der Waals surface area contributed by atoms with E-state index in [0.29, 0.717) is 0 Å². The molecule has 0 unspecified atom stereocenters. The monoisotopic (exact) mass is 1130 g/mol. The van der Waals surface area contributed by atoms with E-state index in [1.165, 1.54) is 143 Å². The summed E-state index contributed by atoms with van der Waals surface area (Å²) in [5.41, 5.74) is 24.9. The van der Waals surface area contributed by atoms with Crippen LogP contribution in [-0.4, -0.2) is 13.7 Å². The predicted octanol–water partition coefficient (Wildman–Crippen LogP) is 23.3. The summed E-state index contributed by atoms with van der Waals surface area (Å²) in [6.07, 6.45) is 0. The highest BCUT2D eigenvalue weighted by atomic mass is 15.0. The summed E-state index contributed by atoms with van der Waals surface area (Å²) < 4.78 is 7.37. The minimum Gasteiger partial charge on any atom is -0.309 e. The van der Waals surface area contributed by atoms with Gasteiger partial charge in [-0.1, -0.05) is 249 Å². The molecule has 18 aromatic rings. The number of hydrogen-bond acceptors (Lipinski definition) is 0. The molecule has 18 rings (SSSR count). The van der Waals surface area contributed by atoms with Gasteiger partial charge in [-0.15, -0.1) is 0 Å². The van der Waals surface area contributed by atoms with Crippen molar-refractivity contribution in [1.82, 2.24) is 13.7 Å². The molecule has 0 atom stereocenters. The van der Waals surface area contributed by atoms with Gasteiger partial charge in [0.15, 0.2) is 0 Å². The van der Waals surface area contributed by atoms with E-state index in [-0.39, 0.29) is 0 Å². The summed E-state index contributed by atoms with van der Waals surface area (Å²) in [5, 5.41) is 12.3. The molecule has 89 heavy (non-hydrogen) atoms. The third-order valence-corrected chi connectivity index (χ3v) is 18.6. The summed E-state index contributed by atoms with van der Waals surface area (Å²) in [4.78, 5) is 0. The number of para-hydroxylation sites is 4. The Hall–Kier alpha value is -11.8. The van der Waals surface area contributed by atoms with Gasteiger partial charge in [0.05, 0.1) is 44.5 Å². The van der Waals surface area contributed by atoms with Crippen LogP contribution in [0.3, 0.4) is 0 Å². The number of nitrogens with zero attached hydrogens (tertiary/aromatic N) is 3. The zero-order valence-electron chi connectivity index (χ0n) is 48.6. The molecule has 0 saturated heterocycles. The highest BCUT2D eigenvalue weighted by Gasteiger charge is 2.22. The Labute approximate surface area is 515 Å². The van der Waals surface area contributed by atoms with Gasteiger partial charge in [0.2, 0.25) is 0 Å². The van der Waals surface area contributed by atoms with Gasteiger partial charge < -0.3 is 13.7 Å². The minimum absolute atomic E-state index is 1.11. The van der Waals surface area contributed by atoms with E-state index in [2.05, 4.69) is 347 Å². The summed E-state index contributed by atoms with van der Waals surface area (Å²) >= 11 is 0. The molecule has 0 N–H and O–H groups in total. The van der Waals surface area contributed by atoms with Gasteiger partial charge in [-0.05, 0) is 162 Å². The maximum Gasteiger partial charge on any atom is 0.0541 e. The normalized spacial score (nSPS) is 11.8. The first-order valence-corrected chi connectivity index (χ1v) is 30.7. The van der Waals surface area contributed by atoms with E-state index in [9.17, 15) is 0 Å². The van der Waals surface area contributed by atoms with E-state index >= 15 is 0 Å². The van der Waals surface area contributed by atoms with Crippen LogP contribution < -0.4 is 0 Å². The van der Waals surface area contributed by atoms with Crippen molar-refractivity contribution in [2.45, 2.75) is 0 Å². The number of fused-ring (bicyclic) bond motifs is 11. The van der Waals surface area contributed by atoms with Gasteiger partial charge >= 0.3 is 0 Å². The van der Waals surface area contributed by atoms with Crippen LogP contribution in [0.1, 0.15) is 0 Å². The van der Waals surface area contributed by atoms with Gasteiger partial charge in [0.1, 0.15) is 0 Å². The lowest BCUT2D eigenvalue weighted by molar-refractivity contribution is 1.18. The fourth-order valence-electron chi connectivity index (χ4n) is 14.7. The molecule has 0 aliphatic carbocycles. The molecule has 3 heteroatoms. The third-order valence-electron chi connectivity index (χ3n) is 18.6. The Morgan fingerprint density at radius 2 is 0.427 bits per heavy atom. The quantitative estimate of drug-likeness (QED) is 0.128. The van der Waals surface area contributed by atoms with E-state index in [0.717, 1.165) is 28.1 Å². The van der Waals surface area contributed by atoms with Gasteiger partial charge in [-0.2, -0.15) is 0 Å². The lowest BCUT2D eigenvalue weighted by Gasteiger charge is -2.18. The summed E-state index contributed by atoms with van der Waals surface area (Å²) in [7, 11) is 0. The van der Waals surface area contributed by atoms with Crippen molar-refractivity contribution in [1.29, 1.82) is 0 Å². The minimum atomic E-state index is 1.11. The first kappa shape index (κ1) is 50.5. The second-order valence-corrected chi connectivity index (χ2v) is 23.5. The average Bonchev–Trinajstić information content (AvgIpc) is 1.79. The zero-order valence-corrected chi connectivity index (χ0v) is 48.6. The van der Waals surface area contributed by atoms with E-state index in [4.69, 9.17) is 0 Å². The molecule has 3 aromatic heterocycles. The molecule has 0 fully saturated rings. The average molecular weight is 1130 g/mol.